The number of fused-ring (bicyclic) bond motifs is 1. The molecule has 0 saturated heterocycles. The van der Waals surface area contributed by atoms with Gasteiger partial charge in [-0.3, -0.25) is 9.59 Å². The number of hydrogen-bond acceptors (Lipinski definition) is 5. The molecule has 1 heterocycles. The van der Waals surface area contributed by atoms with Crippen LogP contribution in [0.3, 0.4) is 0 Å². The summed E-state index contributed by atoms with van der Waals surface area (Å²) in [6.45, 7) is 5.03. The second-order valence-corrected chi connectivity index (χ2v) is 9.42. The summed E-state index contributed by atoms with van der Waals surface area (Å²) in [5.74, 6) is 0.506. The van der Waals surface area contributed by atoms with Gasteiger partial charge >= 0.3 is 0 Å². The number of carbonyl (C=O) groups is 2. The number of nitrogens with zero attached hydrogens (tertiary/aromatic N) is 2. The van der Waals surface area contributed by atoms with E-state index in [1.807, 2.05) is 27.1 Å². The summed E-state index contributed by atoms with van der Waals surface area (Å²) in [5.41, 5.74) is 1.04. The number of likely N-dealkylation sites (N-methyl/N-ethyl adjacent to an activating group) is 1. The van der Waals surface area contributed by atoms with Crippen LogP contribution in [0.5, 0.6) is 5.75 Å². The van der Waals surface area contributed by atoms with Gasteiger partial charge in [-0.25, -0.2) is 0 Å². The molecule has 1 aliphatic carbocycles. The summed E-state index contributed by atoms with van der Waals surface area (Å²) in [6.07, 6.45) is 5.12. The van der Waals surface area contributed by atoms with Crippen LogP contribution in [-0.4, -0.2) is 72.7 Å². The van der Waals surface area contributed by atoms with Crippen molar-refractivity contribution in [2.75, 3.05) is 39.1 Å². The smallest absolute Gasteiger partial charge is 0.258 e. The fourth-order valence-electron chi connectivity index (χ4n) is 4.49. The normalized spacial score (nSPS) is 23.5. The Morgan fingerprint density at radius 2 is 2.00 bits per heavy atom. The molecule has 0 radical (unpaired) electrons. The third-order valence-corrected chi connectivity index (χ3v) is 6.45. The van der Waals surface area contributed by atoms with Gasteiger partial charge in [0.15, 0.2) is 0 Å². The van der Waals surface area contributed by atoms with Crippen LogP contribution in [0.15, 0.2) is 18.2 Å². The number of amides is 2. The highest BCUT2D eigenvalue weighted by Crippen LogP contribution is 2.31. The van der Waals surface area contributed by atoms with Crippen molar-refractivity contribution in [3.05, 3.63) is 23.8 Å². The van der Waals surface area contributed by atoms with Gasteiger partial charge in [-0.15, -0.1) is 0 Å². The van der Waals surface area contributed by atoms with Crippen molar-refractivity contribution in [2.45, 2.75) is 58.1 Å². The number of carbonyl (C=O) groups excluding carboxylic acids is 2. The molecule has 1 aliphatic heterocycles. The van der Waals surface area contributed by atoms with Crippen molar-refractivity contribution in [1.29, 1.82) is 0 Å². The van der Waals surface area contributed by atoms with E-state index in [0.29, 0.717) is 23.5 Å². The fraction of sp³-hybridized carbons (Fsp3) is 0.667. The maximum Gasteiger partial charge on any atom is 0.258 e. The third-order valence-electron chi connectivity index (χ3n) is 6.45. The van der Waals surface area contributed by atoms with E-state index in [1.54, 1.807) is 17.0 Å². The topological polar surface area (TPSA) is 82.1 Å². The molecule has 1 saturated carbocycles. The molecule has 0 spiro atoms. The first-order valence-electron chi connectivity index (χ1n) is 11.5. The van der Waals surface area contributed by atoms with E-state index >= 15 is 0 Å². The van der Waals surface area contributed by atoms with Crippen LogP contribution in [0, 0.1) is 11.8 Å². The Hall–Kier alpha value is -2.12. The molecular weight excluding hydrogens is 394 g/mol. The molecule has 0 aromatic heterocycles. The van der Waals surface area contributed by atoms with E-state index in [4.69, 9.17) is 4.74 Å². The Kier molecular flexibility index (Phi) is 7.94. The van der Waals surface area contributed by atoms with E-state index < -0.39 is 0 Å². The maximum absolute atomic E-state index is 13.4. The summed E-state index contributed by atoms with van der Waals surface area (Å²) in [6, 6.07) is 5.01. The second-order valence-electron chi connectivity index (χ2n) is 9.42. The number of rotatable bonds is 6. The van der Waals surface area contributed by atoms with Gasteiger partial charge in [0.1, 0.15) is 11.9 Å². The predicted molar refractivity (Wildman–Crippen MR) is 121 cm³/mol. The molecule has 1 aromatic rings. The Morgan fingerprint density at radius 3 is 2.65 bits per heavy atom. The molecule has 7 heteroatoms. The lowest BCUT2D eigenvalue weighted by Crippen LogP contribution is -2.49. The minimum Gasteiger partial charge on any atom is -0.488 e. The number of benzene rings is 1. The molecule has 1 aromatic carbocycles. The molecule has 31 heavy (non-hydrogen) atoms. The lowest BCUT2D eigenvalue weighted by Gasteiger charge is -2.37. The molecule has 1 fully saturated rings. The van der Waals surface area contributed by atoms with Crippen LogP contribution in [0.4, 0.5) is 5.69 Å². The zero-order valence-electron chi connectivity index (χ0n) is 19.3. The molecule has 7 nitrogen and oxygen atoms in total. The van der Waals surface area contributed by atoms with Crippen molar-refractivity contribution < 1.29 is 19.4 Å². The van der Waals surface area contributed by atoms with E-state index in [1.165, 1.54) is 6.42 Å². The first-order valence-corrected chi connectivity index (χ1v) is 11.5. The van der Waals surface area contributed by atoms with Gasteiger partial charge in [0.2, 0.25) is 5.91 Å². The van der Waals surface area contributed by atoms with Crippen LogP contribution in [0.1, 0.15) is 56.3 Å². The highest BCUT2D eigenvalue weighted by molar-refractivity contribution is 6.00. The zero-order chi connectivity index (χ0) is 22.5. The van der Waals surface area contributed by atoms with Crippen molar-refractivity contribution in [1.82, 2.24) is 9.80 Å². The van der Waals surface area contributed by atoms with E-state index in [2.05, 4.69) is 17.1 Å². The predicted octanol–water partition coefficient (Wildman–Crippen LogP) is 2.99. The number of anilines is 1. The van der Waals surface area contributed by atoms with E-state index in [9.17, 15) is 14.7 Å². The SMILES string of the molecule is C[C@H]1CN([C@@H](C)CO)C(=O)c2cc(NC(=O)C3CCCCC3)ccc2O[C@H]1CN(C)C. The quantitative estimate of drug-likeness (QED) is 0.724. The van der Waals surface area contributed by atoms with E-state index in [-0.39, 0.29) is 42.4 Å². The van der Waals surface area contributed by atoms with Crippen LogP contribution in [0.2, 0.25) is 0 Å². The highest BCUT2D eigenvalue weighted by Gasteiger charge is 2.33. The van der Waals surface area contributed by atoms with Crippen molar-refractivity contribution in [3.8, 4) is 5.75 Å². The summed E-state index contributed by atoms with van der Waals surface area (Å²) >= 11 is 0. The minimum absolute atomic E-state index is 0.0264. The molecule has 2 amide bonds. The number of ether oxygens (including phenoxy) is 1. The van der Waals surface area contributed by atoms with Gasteiger partial charge in [-0.05, 0) is 52.1 Å². The minimum atomic E-state index is -0.304. The molecule has 172 valence electrons. The molecular formula is C24H37N3O4. The zero-order valence-corrected chi connectivity index (χ0v) is 19.3. The Balaban J connectivity index is 1.90. The summed E-state index contributed by atoms with van der Waals surface area (Å²) < 4.78 is 6.30. The average Bonchev–Trinajstić information content (AvgIpc) is 2.76. The Bertz CT molecular complexity index is 776. The van der Waals surface area contributed by atoms with Gasteiger partial charge in [0.25, 0.3) is 5.91 Å². The molecule has 3 rings (SSSR count). The summed E-state index contributed by atoms with van der Waals surface area (Å²) in [5, 5.41) is 12.7. The van der Waals surface area contributed by atoms with Gasteiger partial charge in [-0.1, -0.05) is 26.2 Å². The first kappa shape index (κ1) is 23.5. The molecule has 2 aliphatic rings. The number of hydrogen-bond donors (Lipinski definition) is 2. The number of aliphatic hydroxyl groups excluding tert-OH is 1. The second kappa shape index (κ2) is 10.5. The molecule has 0 bridgehead atoms. The summed E-state index contributed by atoms with van der Waals surface area (Å²) in [7, 11) is 4.00. The Labute approximate surface area is 185 Å². The lowest BCUT2D eigenvalue weighted by molar-refractivity contribution is -0.120. The van der Waals surface area contributed by atoms with Gasteiger partial charge in [-0.2, -0.15) is 0 Å². The van der Waals surface area contributed by atoms with E-state index in [0.717, 1.165) is 32.2 Å². The summed E-state index contributed by atoms with van der Waals surface area (Å²) in [4.78, 5) is 29.9. The third kappa shape index (κ3) is 5.77. The molecule has 0 unspecified atom stereocenters. The monoisotopic (exact) mass is 431 g/mol. The Morgan fingerprint density at radius 1 is 1.29 bits per heavy atom. The molecule has 3 atom stereocenters. The first-order chi connectivity index (χ1) is 14.8. The van der Waals surface area contributed by atoms with Crippen molar-refractivity contribution in [3.63, 3.8) is 0 Å². The lowest BCUT2D eigenvalue weighted by atomic mass is 9.88. The van der Waals surface area contributed by atoms with Crippen molar-refractivity contribution in [2.24, 2.45) is 11.8 Å². The van der Waals surface area contributed by atoms with Gasteiger partial charge in [0, 0.05) is 30.6 Å². The van der Waals surface area contributed by atoms with Gasteiger partial charge in [0.05, 0.1) is 18.2 Å². The standard InChI is InChI=1S/C24H37N3O4/c1-16-13-27(17(2)15-28)24(30)20-12-19(25-23(29)18-8-6-5-7-9-18)10-11-21(20)31-22(16)14-26(3)4/h10-12,16-18,22,28H,5-9,13-15H2,1-4H3,(H,25,29)/t16-,17-,22-/m0/s1. The van der Waals surface area contributed by atoms with Crippen LogP contribution < -0.4 is 10.1 Å². The number of aliphatic hydroxyl groups is 1. The van der Waals surface area contributed by atoms with Crippen LogP contribution >= 0.6 is 0 Å². The van der Waals surface area contributed by atoms with Crippen LogP contribution in [0.25, 0.3) is 0 Å². The maximum atomic E-state index is 13.4. The highest BCUT2D eigenvalue weighted by atomic mass is 16.5. The van der Waals surface area contributed by atoms with Crippen molar-refractivity contribution >= 4 is 17.5 Å². The molecule has 2 N–H and O–H groups in total. The number of nitrogens with one attached hydrogen (secondary N) is 1. The van der Waals surface area contributed by atoms with Gasteiger partial charge < -0.3 is 25.0 Å². The average molecular weight is 432 g/mol. The largest absolute Gasteiger partial charge is 0.488 e. The fourth-order valence-corrected chi connectivity index (χ4v) is 4.49. The van der Waals surface area contributed by atoms with Crippen LogP contribution in [-0.2, 0) is 4.79 Å².